The van der Waals surface area contributed by atoms with Crippen LogP contribution in [0.2, 0.25) is 0 Å². The van der Waals surface area contributed by atoms with Crippen molar-refractivity contribution in [3.63, 3.8) is 0 Å². The first-order chi connectivity index (χ1) is 7.09. The molecule has 0 fully saturated rings. The largest absolute Gasteiger partial charge is 0.507 e. The zero-order valence-electron chi connectivity index (χ0n) is 7.69. The first kappa shape index (κ1) is 9.49. The van der Waals surface area contributed by atoms with E-state index in [2.05, 4.69) is 5.32 Å². The lowest BCUT2D eigenvalue weighted by Gasteiger charge is -2.17. The number of benzene rings is 1. The van der Waals surface area contributed by atoms with Crippen LogP contribution in [-0.4, -0.2) is 16.1 Å². The van der Waals surface area contributed by atoms with Gasteiger partial charge in [-0.1, -0.05) is 6.07 Å². The lowest BCUT2D eigenvalue weighted by atomic mass is 9.92. The van der Waals surface area contributed by atoms with Crippen molar-refractivity contribution in [2.45, 2.75) is 12.0 Å². The summed E-state index contributed by atoms with van der Waals surface area (Å²) in [5.41, 5.74) is -1.51. The maximum atomic E-state index is 11.5. The van der Waals surface area contributed by atoms with E-state index in [1.54, 1.807) is 18.2 Å². The van der Waals surface area contributed by atoms with Crippen LogP contribution >= 0.6 is 0 Å². The highest BCUT2D eigenvalue weighted by atomic mass is 16.3. The van der Waals surface area contributed by atoms with Gasteiger partial charge in [-0.15, -0.1) is 0 Å². The summed E-state index contributed by atoms with van der Waals surface area (Å²) in [6.45, 7) is 0. The molecular formula is C10H8N2O3. The van der Waals surface area contributed by atoms with Gasteiger partial charge in [0, 0.05) is 0 Å². The second-order valence-electron chi connectivity index (χ2n) is 3.35. The summed E-state index contributed by atoms with van der Waals surface area (Å²) in [5, 5.41) is 30.5. The number of anilines is 1. The third-order valence-electron chi connectivity index (χ3n) is 2.41. The van der Waals surface area contributed by atoms with E-state index in [4.69, 9.17) is 5.26 Å². The molecule has 0 saturated carbocycles. The molecule has 0 bridgehead atoms. The molecule has 0 radical (unpaired) electrons. The first-order valence-corrected chi connectivity index (χ1v) is 4.33. The normalized spacial score (nSPS) is 23.1. The highest BCUT2D eigenvalue weighted by molar-refractivity contribution is 6.05. The number of hydrogen-bond acceptors (Lipinski definition) is 4. The maximum absolute atomic E-state index is 11.5. The van der Waals surface area contributed by atoms with Gasteiger partial charge >= 0.3 is 0 Å². The highest BCUT2D eigenvalue weighted by Crippen LogP contribution is 2.43. The van der Waals surface area contributed by atoms with Crippen LogP contribution in [0.15, 0.2) is 18.2 Å². The van der Waals surface area contributed by atoms with Gasteiger partial charge in [0.05, 0.1) is 23.7 Å². The Kier molecular flexibility index (Phi) is 1.88. The number of nitrogens with one attached hydrogen (secondary N) is 1. The van der Waals surface area contributed by atoms with E-state index >= 15 is 0 Å². The molecule has 1 aromatic carbocycles. The number of phenols is 1. The minimum Gasteiger partial charge on any atom is -0.507 e. The lowest BCUT2D eigenvalue weighted by molar-refractivity contribution is -0.133. The van der Waals surface area contributed by atoms with E-state index in [0.717, 1.165) is 0 Å². The van der Waals surface area contributed by atoms with Crippen molar-refractivity contribution >= 4 is 11.6 Å². The summed E-state index contributed by atoms with van der Waals surface area (Å²) in [5.74, 6) is -0.871. The van der Waals surface area contributed by atoms with Crippen LogP contribution in [0.1, 0.15) is 12.0 Å². The van der Waals surface area contributed by atoms with E-state index < -0.39 is 11.5 Å². The van der Waals surface area contributed by atoms with Crippen LogP contribution in [0, 0.1) is 11.3 Å². The quantitative estimate of drug-likeness (QED) is 0.619. The van der Waals surface area contributed by atoms with E-state index in [9.17, 15) is 15.0 Å². The summed E-state index contributed by atoms with van der Waals surface area (Å²) in [6, 6.07) is 6.20. The number of rotatable bonds is 1. The van der Waals surface area contributed by atoms with Gasteiger partial charge in [0.1, 0.15) is 5.75 Å². The van der Waals surface area contributed by atoms with Gasteiger partial charge in [-0.05, 0) is 12.1 Å². The summed E-state index contributed by atoms with van der Waals surface area (Å²) < 4.78 is 0. The molecule has 1 amide bonds. The number of nitrogens with zero attached hydrogens (tertiary/aromatic N) is 1. The Hall–Kier alpha value is -2.06. The molecule has 0 saturated heterocycles. The smallest absolute Gasteiger partial charge is 0.262 e. The molecule has 76 valence electrons. The predicted octanol–water partition coefficient (Wildman–Crippen LogP) is 0.446. The Labute approximate surface area is 85.6 Å². The number of carbonyl (C=O) groups excluding carboxylic acids is 1. The number of nitriles is 1. The number of carbonyl (C=O) groups is 1. The molecule has 2 rings (SSSR count). The van der Waals surface area contributed by atoms with Crippen molar-refractivity contribution < 1.29 is 15.0 Å². The van der Waals surface area contributed by atoms with Gasteiger partial charge in [-0.2, -0.15) is 5.26 Å². The first-order valence-electron chi connectivity index (χ1n) is 4.33. The highest BCUT2D eigenvalue weighted by Gasteiger charge is 2.47. The zero-order valence-corrected chi connectivity index (χ0v) is 7.69. The van der Waals surface area contributed by atoms with E-state index in [1.807, 2.05) is 0 Å². The summed E-state index contributed by atoms with van der Waals surface area (Å²) >= 11 is 0. The summed E-state index contributed by atoms with van der Waals surface area (Å²) in [7, 11) is 0. The van der Waals surface area contributed by atoms with Gasteiger partial charge in [0.25, 0.3) is 5.91 Å². The van der Waals surface area contributed by atoms with E-state index in [1.165, 1.54) is 6.07 Å². The Morgan fingerprint density at radius 2 is 2.27 bits per heavy atom. The number of aliphatic hydroxyl groups is 1. The molecule has 1 aliphatic rings. The predicted molar refractivity (Wildman–Crippen MR) is 50.9 cm³/mol. The third-order valence-corrected chi connectivity index (χ3v) is 2.41. The Balaban J connectivity index is 2.64. The minimum absolute atomic E-state index is 0.0801. The molecule has 0 aromatic heterocycles. The van der Waals surface area contributed by atoms with E-state index in [0.29, 0.717) is 5.69 Å². The molecule has 1 heterocycles. The molecule has 1 atom stereocenters. The van der Waals surface area contributed by atoms with Crippen LogP contribution in [-0.2, 0) is 10.4 Å². The monoisotopic (exact) mass is 204 g/mol. The fourth-order valence-electron chi connectivity index (χ4n) is 1.70. The van der Waals surface area contributed by atoms with Crippen LogP contribution in [0.4, 0.5) is 5.69 Å². The third kappa shape index (κ3) is 1.16. The average Bonchev–Trinajstić information content (AvgIpc) is 2.41. The Bertz CT molecular complexity index is 478. The van der Waals surface area contributed by atoms with Crippen molar-refractivity contribution in [1.82, 2.24) is 0 Å². The SMILES string of the molecule is N#CC[C@@]1(O)C(=O)Nc2cccc(O)c21. The number of aromatic hydroxyl groups is 1. The second kappa shape index (κ2) is 2.97. The molecule has 5 nitrogen and oxygen atoms in total. The van der Waals surface area contributed by atoms with Gasteiger partial charge in [-0.25, -0.2) is 0 Å². The number of fused-ring (bicyclic) bond motifs is 1. The number of amides is 1. The summed E-state index contributed by atoms with van der Waals surface area (Å²) in [6.07, 6.45) is -0.386. The van der Waals surface area contributed by atoms with E-state index in [-0.39, 0.29) is 17.7 Å². The minimum atomic E-state index is -1.94. The lowest BCUT2D eigenvalue weighted by Crippen LogP contribution is -2.33. The topological polar surface area (TPSA) is 93.3 Å². The molecule has 3 N–H and O–H groups in total. The Morgan fingerprint density at radius 3 is 2.93 bits per heavy atom. The molecule has 5 heteroatoms. The van der Waals surface area contributed by atoms with Crippen molar-refractivity contribution in [2.24, 2.45) is 0 Å². The van der Waals surface area contributed by atoms with Crippen LogP contribution < -0.4 is 5.32 Å². The molecular weight excluding hydrogens is 196 g/mol. The van der Waals surface area contributed by atoms with Crippen molar-refractivity contribution in [3.05, 3.63) is 23.8 Å². The number of phenolic OH excluding ortho intramolecular Hbond substituents is 1. The fraction of sp³-hybridized carbons (Fsp3) is 0.200. The van der Waals surface area contributed by atoms with Gasteiger partial charge in [0.2, 0.25) is 0 Å². The second-order valence-corrected chi connectivity index (χ2v) is 3.35. The van der Waals surface area contributed by atoms with Gasteiger partial charge in [-0.3, -0.25) is 4.79 Å². The standard InChI is InChI=1S/C10H8N2O3/c11-5-4-10(15)8-6(12-9(10)14)2-1-3-7(8)13/h1-3,13,15H,4H2,(H,12,14)/t10-/m0/s1. The van der Waals surface area contributed by atoms with Crippen molar-refractivity contribution in [1.29, 1.82) is 5.26 Å². The molecule has 1 aliphatic heterocycles. The van der Waals surface area contributed by atoms with Crippen molar-refractivity contribution in [3.8, 4) is 11.8 Å². The molecule has 0 spiro atoms. The Morgan fingerprint density at radius 1 is 1.53 bits per heavy atom. The zero-order chi connectivity index (χ0) is 11.1. The van der Waals surface area contributed by atoms with Gasteiger partial charge < -0.3 is 15.5 Å². The molecule has 15 heavy (non-hydrogen) atoms. The molecule has 0 unspecified atom stereocenters. The van der Waals surface area contributed by atoms with Crippen LogP contribution in [0.3, 0.4) is 0 Å². The van der Waals surface area contributed by atoms with Crippen LogP contribution in [0.5, 0.6) is 5.75 Å². The molecule has 0 aliphatic carbocycles. The number of hydrogen-bond donors (Lipinski definition) is 3. The van der Waals surface area contributed by atoms with Crippen LogP contribution in [0.25, 0.3) is 0 Å². The van der Waals surface area contributed by atoms with Gasteiger partial charge in [0.15, 0.2) is 5.60 Å². The molecule has 1 aromatic rings. The van der Waals surface area contributed by atoms with Crippen molar-refractivity contribution in [2.75, 3.05) is 5.32 Å². The maximum Gasteiger partial charge on any atom is 0.262 e. The fourth-order valence-corrected chi connectivity index (χ4v) is 1.70. The summed E-state index contributed by atoms with van der Waals surface area (Å²) in [4.78, 5) is 11.5. The average molecular weight is 204 g/mol.